The fourth-order valence-corrected chi connectivity index (χ4v) is 1.21. The summed E-state index contributed by atoms with van der Waals surface area (Å²) in [7, 11) is 0. The van der Waals surface area contributed by atoms with Gasteiger partial charge in [-0.3, -0.25) is 9.97 Å². The Labute approximate surface area is 92.9 Å². The van der Waals surface area contributed by atoms with Crippen LogP contribution in [0.5, 0.6) is 0 Å². The van der Waals surface area contributed by atoms with Crippen LogP contribution in [0.15, 0.2) is 36.9 Å². The fourth-order valence-electron chi connectivity index (χ4n) is 1.21. The van der Waals surface area contributed by atoms with Crippen LogP contribution >= 0.6 is 0 Å². The minimum absolute atomic E-state index is 0.528. The van der Waals surface area contributed by atoms with Gasteiger partial charge in [-0.05, 0) is 17.7 Å². The molecular weight excluding hydrogens is 204 g/mol. The van der Waals surface area contributed by atoms with Gasteiger partial charge < -0.3 is 10.7 Å². The molecule has 2 rings (SSSR count). The number of nitrogens with one attached hydrogen (secondary N) is 2. The third kappa shape index (κ3) is 2.64. The molecule has 0 fully saturated rings. The van der Waals surface area contributed by atoms with Gasteiger partial charge in [0.2, 0.25) is 0 Å². The van der Waals surface area contributed by atoms with E-state index in [1.807, 2.05) is 12.1 Å². The summed E-state index contributed by atoms with van der Waals surface area (Å²) in [6, 6.07) is 3.87. The first-order valence-corrected chi connectivity index (χ1v) is 4.80. The molecular formula is C10H12N6. The maximum atomic E-state index is 5.24. The Morgan fingerprint density at radius 2 is 1.81 bits per heavy atom. The number of nitrogen functional groups attached to an aromatic ring is 1. The second-order valence-corrected chi connectivity index (χ2v) is 3.14. The lowest BCUT2D eigenvalue weighted by atomic mass is 10.3. The third-order valence-electron chi connectivity index (χ3n) is 2.01. The maximum absolute atomic E-state index is 5.24. The molecule has 6 nitrogen and oxygen atoms in total. The molecule has 4 N–H and O–H groups in total. The Morgan fingerprint density at radius 3 is 2.56 bits per heavy atom. The molecule has 0 saturated heterocycles. The van der Waals surface area contributed by atoms with E-state index >= 15 is 0 Å². The molecule has 0 aliphatic carbocycles. The van der Waals surface area contributed by atoms with E-state index in [0.717, 1.165) is 5.56 Å². The second-order valence-electron chi connectivity index (χ2n) is 3.14. The molecule has 82 valence electrons. The van der Waals surface area contributed by atoms with E-state index in [1.165, 1.54) is 0 Å². The number of rotatable bonds is 4. The van der Waals surface area contributed by atoms with Crippen molar-refractivity contribution < 1.29 is 0 Å². The van der Waals surface area contributed by atoms with Crippen LogP contribution < -0.4 is 16.6 Å². The lowest BCUT2D eigenvalue weighted by molar-refractivity contribution is 1.07. The van der Waals surface area contributed by atoms with Crippen LogP contribution in [0.3, 0.4) is 0 Å². The van der Waals surface area contributed by atoms with E-state index in [0.29, 0.717) is 18.2 Å². The van der Waals surface area contributed by atoms with E-state index in [2.05, 4.69) is 25.7 Å². The predicted octanol–water partition coefficient (Wildman–Crippen LogP) is 0.769. The van der Waals surface area contributed by atoms with E-state index in [1.54, 1.807) is 24.8 Å². The van der Waals surface area contributed by atoms with E-state index in [9.17, 15) is 0 Å². The Morgan fingerprint density at radius 1 is 1.06 bits per heavy atom. The first-order valence-electron chi connectivity index (χ1n) is 4.80. The quantitative estimate of drug-likeness (QED) is 0.516. The van der Waals surface area contributed by atoms with Crippen LogP contribution in [-0.4, -0.2) is 15.0 Å². The summed E-state index contributed by atoms with van der Waals surface area (Å²) in [6.45, 7) is 0.672. The van der Waals surface area contributed by atoms with Crippen LogP contribution in [0.2, 0.25) is 0 Å². The average molecular weight is 216 g/mol. The van der Waals surface area contributed by atoms with Crippen LogP contribution in [0.25, 0.3) is 0 Å². The first kappa shape index (κ1) is 10.3. The van der Waals surface area contributed by atoms with Gasteiger partial charge in [0, 0.05) is 18.9 Å². The van der Waals surface area contributed by atoms with Gasteiger partial charge in [0.1, 0.15) is 5.82 Å². The molecule has 16 heavy (non-hydrogen) atoms. The summed E-state index contributed by atoms with van der Waals surface area (Å²) in [5.41, 5.74) is 3.57. The molecule has 2 aromatic rings. The molecule has 0 radical (unpaired) electrons. The van der Waals surface area contributed by atoms with Gasteiger partial charge in [-0.1, -0.05) is 0 Å². The highest BCUT2D eigenvalue weighted by molar-refractivity contribution is 5.41. The largest absolute Gasteiger partial charge is 0.365 e. The summed E-state index contributed by atoms with van der Waals surface area (Å²) in [4.78, 5) is 12.1. The van der Waals surface area contributed by atoms with E-state index in [4.69, 9.17) is 5.84 Å². The lowest BCUT2D eigenvalue weighted by Gasteiger charge is -2.06. The number of aromatic nitrogens is 3. The highest BCUT2D eigenvalue weighted by atomic mass is 15.3. The number of hydrazine groups is 1. The number of pyridine rings is 1. The molecule has 0 amide bonds. The molecule has 0 aliphatic rings. The van der Waals surface area contributed by atoms with Crippen molar-refractivity contribution in [2.45, 2.75) is 6.54 Å². The first-order chi connectivity index (χ1) is 7.88. The predicted molar refractivity (Wildman–Crippen MR) is 61.4 cm³/mol. The van der Waals surface area contributed by atoms with Crippen molar-refractivity contribution in [3.8, 4) is 0 Å². The SMILES string of the molecule is NNc1cncc(NCc2ccncc2)n1. The minimum Gasteiger partial charge on any atom is -0.365 e. The number of nitrogens with zero attached hydrogens (tertiary/aromatic N) is 3. The van der Waals surface area contributed by atoms with Crippen molar-refractivity contribution >= 4 is 11.6 Å². The molecule has 2 heterocycles. The minimum atomic E-state index is 0.528. The Hall–Kier alpha value is -2.21. The monoisotopic (exact) mass is 216 g/mol. The molecule has 0 atom stereocenters. The van der Waals surface area contributed by atoms with Crippen molar-refractivity contribution in [3.63, 3.8) is 0 Å². The van der Waals surface area contributed by atoms with E-state index < -0.39 is 0 Å². The fraction of sp³-hybridized carbons (Fsp3) is 0.100. The normalized spacial score (nSPS) is 9.81. The number of hydrogen-bond donors (Lipinski definition) is 3. The molecule has 6 heteroatoms. The third-order valence-corrected chi connectivity index (χ3v) is 2.01. The zero-order valence-corrected chi connectivity index (χ0v) is 8.59. The van der Waals surface area contributed by atoms with Gasteiger partial charge in [-0.2, -0.15) is 0 Å². The van der Waals surface area contributed by atoms with Gasteiger partial charge in [0.15, 0.2) is 5.82 Å². The zero-order chi connectivity index (χ0) is 11.2. The van der Waals surface area contributed by atoms with Gasteiger partial charge >= 0.3 is 0 Å². The van der Waals surface area contributed by atoms with Crippen LogP contribution in [-0.2, 0) is 6.54 Å². The highest BCUT2D eigenvalue weighted by Crippen LogP contribution is 2.07. The summed E-state index contributed by atoms with van der Waals surface area (Å²) in [5.74, 6) is 6.44. The Balaban J connectivity index is 1.99. The van der Waals surface area contributed by atoms with Crippen molar-refractivity contribution in [2.75, 3.05) is 10.7 Å². The molecule has 2 aromatic heterocycles. The molecule has 0 spiro atoms. The molecule has 0 saturated carbocycles. The Bertz CT molecular complexity index is 444. The molecule has 0 unspecified atom stereocenters. The van der Waals surface area contributed by atoms with Gasteiger partial charge in [-0.25, -0.2) is 10.8 Å². The maximum Gasteiger partial charge on any atom is 0.160 e. The van der Waals surface area contributed by atoms with Gasteiger partial charge in [-0.15, -0.1) is 0 Å². The Kier molecular flexibility index (Phi) is 3.25. The zero-order valence-electron chi connectivity index (χ0n) is 8.59. The number of anilines is 2. The number of nitrogens with two attached hydrogens (primary N) is 1. The van der Waals surface area contributed by atoms with Crippen molar-refractivity contribution in [1.29, 1.82) is 0 Å². The summed E-state index contributed by atoms with van der Waals surface area (Å²) in [5, 5.41) is 3.14. The summed E-state index contributed by atoms with van der Waals surface area (Å²) < 4.78 is 0. The average Bonchev–Trinajstić information content (AvgIpc) is 2.38. The topological polar surface area (TPSA) is 88.8 Å². The molecule has 0 aliphatic heterocycles. The van der Waals surface area contributed by atoms with Crippen LogP contribution in [0.1, 0.15) is 5.56 Å². The molecule has 0 bridgehead atoms. The van der Waals surface area contributed by atoms with Crippen molar-refractivity contribution in [1.82, 2.24) is 15.0 Å². The van der Waals surface area contributed by atoms with Crippen molar-refractivity contribution in [3.05, 3.63) is 42.5 Å². The van der Waals surface area contributed by atoms with Crippen LogP contribution in [0.4, 0.5) is 11.6 Å². The van der Waals surface area contributed by atoms with Gasteiger partial charge in [0.05, 0.1) is 12.4 Å². The lowest BCUT2D eigenvalue weighted by Crippen LogP contribution is -2.10. The highest BCUT2D eigenvalue weighted by Gasteiger charge is 1.97. The van der Waals surface area contributed by atoms with Gasteiger partial charge in [0.25, 0.3) is 0 Å². The smallest absolute Gasteiger partial charge is 0.160 e. The van der Waals surface area contributed by atoms with Crippen molar-refractivity contribution in [2.24, 2.45) is 5.84 Å². The molecule has 0 aromatic carbocycles. The summed E-state index contributed by atoms with van der Waals surface area (Å²) >= 11 is 0. The number of hydrogen-bond acceptors (Lipinski definition) is 6. The standard InChI is InChI=1S/C10H12N6/c11-16-10-7-13-6-9(15-10)14-5-8-1-3-12-4-2-8/h1-4,6-7H,5,11H2,(H2,14,15,16). The van der Waals surface area contributed by atoms with Crippen LogP contribution in [0, 0.1) is 0 Å². The summed E-state index contributed by atoms with van der Waals surface area (Å²) in [6.07, 6.45) is 6.70. The second kappa shape index (κ2) is 5.04. The van der Waals surface area contributed by atoms with E-state index in [-0.39, 0.29) is 0 Å².